The predicted octanol–water partition coefficient (Wildman–Crippen LogP) is 3.01. The number of hydrogen-bond acceptors (Lipinski definition) is 3. The number of nitrogens with zero attached hydrogens (tertiary/aromatic N) is 3. The van der Waals surface area contributed by atoms with Crippen molar-refractivity contribution >= 4 is 0 Å². The topological polar surface area (TPSA) is 33.1 Å². The fourth-order valence-corrected chi connectivity index (χ4v) is 5.18. The Hall–Kier alpha value is -1.72. The first-order chi connectivity index (χ1) is 12.4. The zero-order valence-corrected chi connectivity index (χ0v) is 15.6. The molecule has 138 valence electrons. The highest BCUT2D eigenvalue weighted by Gasteiger charge is 2.57. The maximum Gasteiger partial charge on any atom is 0.123 e. The summed E-state index contributed by atoms with van der Waals surface area (Å²) in [6.45, 7) is 10.3. The van der Waals surface area contributed by atoms with Crippen LogP contribution in [0.2, 0.25) is 0 Å². The van der Waals surface area contributed by atoms with Crippen LogP contribution >= 0.6 is 0 Å². The third-order valence-electron chi connectivity index (χ3n) is 6.48. The van der Waals surface area contributed by atoms with Crippen LogP contribution < -0.4 is 5.32 Å². The van der Waals surface area contributed by atoms with Crippen molar-refractivity contribution in [2.24, 2.45) is 16.7 Å². The molecule has 1 N–H and O–H groups in total. The van der Waals surface area contributed by atoms with Crippen molar-refractivity contribution in [2.45, 2.75) is 33.2 Å². The van der Waals surface area contributed by atoms with Gasteiger partial charge in [0.2, 0.25) is 0 Å². The summed E-state index contributed by atoms with van der Waals surface area (Å²) in [4.78, 5) is 2.65. The highest BCUT2D eigenvalue weighted by molar-refractivity contribution is 5.36. The SMILES string of the molecule is CC1(C)Cc2c(cnn2-c2ccc(F)cc2)CN(CC23CNCC2C3)C1. The molecule has 2 aliphatic heterocycles. The van der Waals surface area contributed by atoms with E-state index in [2.05, 4.69) is 29.2 Å². The molecule has 1 saturated heterocycles. The normalized spacial score (nSPS) is 29.9. The molecule has 1 aromatic heterocycles. The van der Waals surface area contributed by atoms with E-state index in [1.54, 1.807) is 0 Å². The molecule has 2 unspecified atom stereocenters. The largest absolute Gasteiger partial charge is 0.316 e. The molecule has 2 aromatic rings. The number of piperidine rings is 1. The Morgan fingerprint density at radius 1 is 1.27 bits per heavy atom. The van der Waals surface area contributed by atoms with E-state index < -0.39 is 0 Å². The monoisotopic (exact) mass is 354 g/mol. The minimum Gasteiger partial charge on any atom is -0.316 e. The standard InChI is InChI=1S/C21H27FN4/c1-20(2)8-19-15(9-24-26(19)18-5-3-17(22)4-6-18)11-25(13-20)14-21-7-16(21)10-23-12-21/h3-6,9,16,23H,7-8,10-14H2,1-2H3. The van der Waals surface area contributed by atoms with Crippen molar-refractivity contribution in [3.63, 3.8) is 0 Å². The smallest absolute Gasteiger partial charge is 0.123 e. The summed E-state index contributed by atoms with van der Waals surface area (Å²) in [6.07, 6.45) is 4.39. The number of aromatic nitrogens is 2. The van der Waals surface area contributed by atoms with Crippen LogP contribution in [0.25, 0.3) is 5.69 Å². The van der Waals surface area contributed by atoms with Crippen molar-refractivity contribution in [1.29, 1.82) is 0 Å². The Kier molecular flexibility index (Phi) is 3.57. The molecular weight excluding hydrogens is 327 g/mol. The zero-order valence-electron chi connectivity index (χ0n) is 15.6. The van der Waals surface area contributed by atoms with Crippen LogP contribution in [-0.2, 0) is 13.0 Å². The van der Waals surface area contributed by atoms with Crippen LogP contribution in [0.1, 0.15) is 31.5 Å². The summed E-state index contributed by atoms with van der Waals surface area (Å²) < 4.78 is 15.3. The lowest BCUT2D eigenvalue weighted by Gasteiger charge is -2.32. The first-order valence-electron chi connectivity index (χ1n) is 9.69. The van der Waals surface area contributed by atoms with E-state index in [-0.39, 0.29) is 11.2 Å². The minimum atomic E-state index is -0.207. The van der Waals surface area contributed by atoms with E-state index in [0.29, 0.717) is 5.41 Å². The van der Waals surface area contributed by atoms with Crippen molar-refractivity contribution in [3.8, 4) is 5.69 Å². The summed E-state index contributed by atoms with van der Waals surface area (Å²) in [5, 5.41) is 8.22. The predicted molar refractivity (Wildman–Crippen MR) is 99.7 cm³/mol. The number of halogens is 1. The lowest BCUT2D eigenvalue weighted by Crippen LogP contribution is -2.38. The van der Waals surface area contributed by atoms with Gasteiger partial charge in [0.05, 0.1) is 11.9 Å². The van der Waals surface area contributed by atoms with Crippen molar-refractivity contribution < 1.29 is 4.39 Å². The summed E-state index contributed by atoms with van der Waals surface area (Å²) >= 11 is 0. The van der Waals surface area contributed by atoms with Crippen molar-refractivity contribution in [1.82, 2.24) is 20.0 Å². The Morgan fingerprint density at radius 2 is 2.08 bits per heavy atom. The van der Waals surface area contributed by atoms with Gasteiger partial charge in [-0.3, -0.25) is 4.90 Å². The van der Waals surface area contributed by atoms with Gasteiger partial charge in [-0.15, -0.1) is 0 Å². The summed E-state index contributed by atoms with van der Waals surface area (Å²) in [7, 11) is 0. The van der Waals surface area contributed by atoms with Crippen LogP contribution in [0.5, 0.6) is 0 Å². The number of benzene rings is 1. The number of fused-ring (bicyclic) bond motifs is 2. The molecule has 0 bridgehead atoms. The second-order valence-corrected chi connectivity index (χ2v) is 9.39. The highest BCUT2D eigenvalue weighted by Crippen LogP contribution is 2.55. The number of nitrogens with one attached hydrogen (secondary N) is 1. The molecule has 0 spiro atoms. The van der Waals surface area contributed by atoms with E-state index in [9.17, 15) is 4.39 Å². The Bertz CT molecular complexity index is 825. The highest BCUT2D eigenvalue weighted by atomic mass is 19.1. The number of rotatable bonds is 3. The Balaban J connectivity index is 1.45. The minimum absolute atomic E-state index is 0.191. The molecule has 2 atom stereocenters. The van der Waals surface area contributed by atoms with E-state index >= 15 is 0 Å². The van der Waals surface area contributed by atoms with Crippen molar-refractivity contribution in [3.05, 3.63) is 47.5 Å². The van der Waals surface area contributed by atoms with Gasteiger partial charge in [-0.1, -0.05) is 13.8 Å². The lowest BCUT2D eigenvalue weighted by atomic mass is 9.87. The summed E-state index contributed by atoms with van der Waals surface area (Å²) in [5.41, 5.74) is 4.25. The van der Waals surface area contributed by atoms with Crippen LogP contribution in [0, 0.1) is 22.6 Å². The van der Waals surface area contributed by atoms with Gasteiger partial charge < -0.3 is 5.32 Å². The van der Waals surface area contributed by atoms with E-state index in [1.807, 2.05) is 23.0 Å². The lowest BCUT2D eigenvalue weighted by molar-refractivity contribution is 0.150. The third-order valence-corrected chi connectivity index (χ3v) is 6.48. The first-order valence-corrected chi connectivity index (χ1v) is 9.69. The van der Waals surface area contributed by atoms with E-state index in [4.69, 9.17) is 0 Å². The molecule has 26 heavy (non-hydrogen) atoms. The molecule has 1 aliphatic carbocycles. The Morgan fingerprint density at radius 3 is 2.77 bits per heavy atom. The molecule has 5 heteroatoms. The van der Waals surface area contributed by atoms with Gasteiger partial charge in [-0.2, -0.15) is 5.10 Å². The molecule has 1 aromatic carbocycles. The number of hydrogen-bond donors (Lipinski definition) is 1. The summed E-state index contributed by atoms with van der Waals surface area (Å²) in [5.74, 6) is 0.678. The van der Waals surface area contributed by atoms with E-state index in [0.717, 1.165) is 31.1 Å². The fraction of sp³-hybridized carbons (Fsp3) is 0.571. The van der Waals surface area contributed by atoms with Gasteiger partial charge in [0.1, 0.15) is 5.82 Å². The van der Waals surface area contributed by atoms with Gasteiger partial charge in [0.25, 0.3) is 0 Å². The van der Waals surface area contributed by atoms with Gasteiger partial charge in [0.15, 0.2) is 0 Å². The van der Waals surface area contributed by atoms with Crippen LogP contribution in [0.3, 0.4) is 0 Å². The van der Waals surface area contributed by atoms with Crippen molar-refractivity contribution in [2.75, 3.05) is 26.2 Å². The molecule has 2 fully saturated rings. The molecule has 0 amide bonds. The molecule has 4 nitrogen and oxygen atoms in total. The quantitative estimate of drug-likeness (QED) is 0.920. The fourth-order valence-electron chi connectivity index (χ4n) is 5.18. The molecular formula is C21H27FN4. The second-order valence-electron chi connectivity index (χ2n) is 9.39. The van der Waals surface area contributed by atoms with E-state index in [1.165, 1.54) is 49.4 Å². The first kappa shape index (κ1) is 16.5. The van der Waals surface area contributed by atoms with Gasteiger partial charge in [-0.25, -0.2) is 9.07 Å². The summed E-state index contributed by atoms with van der Waals surface area (Å²) in [6, 6.07) is 6.65. The average Bonchev–Trinajstić information content (AvgIpc) is 2.94. The van der Waals surface area contributed by atoms with Crippen LogP contribution in [0.15, 0.2) is 30.5 Å². The van der Waals surface area contributed by atoms with Gasteiger partial charge in [0, 0.05) is 37.4 Å². The molecule has 5 rings (SSSR count). The molecule has 3 aliphatic rings. The molecule has 3 heterocycles. The average molecular weight is 354 g/mol. The zero-order chi connectivity index (χ0) is 17.9. The second kappa shape index (κ2) is 5.64. The van der Waals surface area contributed by atoms with Gasteiger partial charge in [-0.05, 0) is 60.4 Å². The van der Waals surface area contributed by atoms with Crippen LogP contribution in [0.4, 0.5) is 4.39 Å². The maximum atomic E-state index is 13.3. The Labute approximate surface area is 154 Å². The van der Waals surface area contributed by atoms with Gasteiger partial charge >= 0.3 is 0 Å². The molecule has 0 radical (unpaired) electrons. The maximum absolute atomic E-state index is 13.3. The molecule has 1 saturated carbocycles. The van der Waals surface area contributed by atoms with Crippen LogP contribution in [-0.4, -0.2) is 40.9 Å². The third kappa shape index (κ3) is 2.78.